The van der Waals surface area contributed by atoms with Crippen LogP contribution < -0.4 is 11.1 Å². The molecular weight excluding hydrogens is 248 g/mol. The number of hydrogen-bond acceptors (Lipinski definition) is 3. The Bertz CT molecular complexity index is 618. The van der Waals surface area contributed by atoms with E-state index in [2.05, 4.69) is 5.32 Å². The van der Waals surface area contributed by atoms with E-state index in [1.54, 1.807) is 18.2 Å². The predicted molar refractivity (Wildman–Crippen MR) is 82.2 cm³/mol. The molecule has 3 N–H and O–H groups in total. The van der Waals surface area contributed by atoms with Crippen molar-refractivity contribution in [2.75, 3.05) is 5.73 Å². The zero-order valence-electron chi connectivity index (χ0n) is 11.5. The normalized spacial score (nSPS) is 11.2. The maximum absolute atomic E-state index is 12.0. The topological polar surface area (TPSA) is 55.1 Å². The van der Waals surface area contributed by atoms with Crippen molar-refractivity contribution in [3.8, 4) is 0 Å². The number of rotatable bonds is 5. The summed E-state index contributed by atoms with van der Waals surface area (Å²) in [5, 5.41) is 3.20. The lowest BCUT2D eigenvalue weighted by molar-refractivity contribution is 0.104. The van der Waals surface area contributed by atoms with E-state index in [1.165, 1.54) is 0 Å². The Kier molecular flexibility index (Phi) is 4.56. The molecule has 0 saturated heterocycles. The average molecular weight is 266 g/mol. The summed E-state index contributed by atoms with van der Waals surface area (Å²) in [5.41, 5.74) is 9.15. The van der Waals surface area contributed by atoms with E-state index in [0.717, 1.165) is 16.9 Å². The van der Waals surface area contributed by atoms with Crippen LogP contribution in [0.5, 0.6) is 0 Å². The molecule has 0 atom stereocenters. The van der Waals surface area contributed by atoms with E-state index in [1.807, 2.05) is 49.4 Å². The van der Waals surface area contributed by atoms with Crippen molar-refractivity contribution in [3.05, 3.63) is 77.5 Å². The Morgan fingerprint density at radius 3 is 2.45 bits per heavy atom. The number of benzene rings is 2. The second-order valence-electron chi connectivity index (χ2n) is 4.61. The second-order valence-corrected chi connectivity index (χ2v) is 4.61. The molecule has 2 aromatic carbocycles. The zero-order valence-corrected chi connectivity index (χ0v) is 11.5. The highest BCUT2D eigenvalue weighted by atomic mass is 16.1. The third-order valence-corrected chi connectivity index (χ3v) is 3.02. The lowest BCUT2D eigenvalue weighted by Gasteiger charge is -2.08. The largest absolute Gasteiger partial charge is 0.398 e. The van der Waals surface area contributed by atoms with Gasteiger partial charge in [-0.1, -0.05) is 48.5 Å². The maximum Gasteiger partial charge on any atom is 0.187 e. The monoisotopic (exact) mass is 266 g/mol. The van der Waals surface area contributed by atoms with E-state index < -0.39 is 0 Å². The minimum absolute atomic E-state index is 0.00312. The molecule has 102 valence electrons. The van der Waals surface area contributed by atoms with E-state index in [0.29, 0.717) is 12.1 Å². The van der Waals surface area contributed by atoms with E-state index in [4.69, 9.17) is 5.73 Å². The molecule has 2 rings (SSSR count). The third kappa shape index (κ3) is 3.72. The van der Waals surface area contributed by atoms with Crippen molar-refractivity contribution in [3.63, 3.8) is 0 Å². The van der Waals surface area contributed by atoms with Gasteiger partial charge in [0.2, 0.25) is 0 Å². The van der Waals surface area contributed by atoms with Gasteiger partial charge in [-0.2, -0.15) is 0 Å². The molecular formula is C17H18N2O. The molecule has 0 amide bonds. The van der Waals surface area contributed by atoms with Crippen LogP contribution in [0.4, 0.5) is 5.69 Å². The van der Waals surface area contributed by atoms with Gasteiger partial charge in [-0.15, -0.1) is 0 Å². The number of carbonyl (C=O) groups is 1. The molecule has 0 aliphatic rings. The predicted octanol–water partition coefficient (Wildman–Crippen LogP) is 3.15. The Morgan fingerprint density at radius 1 is 1.10 bits per heavy atom. The van der Waals surface area contributed by atoms with E-state index in [9.17, 15) is 4.79 Å². The number of ketones is 1. The number of nitrogens with two attached hydrogens (primary N) is 1. The Balaban J connectivity index is 1.98. The molecule has 0 aliphatic heterocycles. The van der Waals surface area contributed by atoms with Gasteiger partial charge in [-0.05, 0) is 18.6 Å². The first-order chi connectivity index (χ1) is 9.66. The summed E-state index contributed by atoms with van der Waals surface area (Å²) in [7, 11) is 0. The molecule has 0 aromatic heterocycles. The summed E-state index contributed by atoms with van der Waals surface area (Å²) in [6.45, 7) is 2.48. The van der Waals surface area contributed by atoms with Crippen molar-refractivity contribution in [2.24, 2.45) is 0 Å². The van der Waals surface area contributed by atoms with Gasteiger partial charge in [-0.3, -0.25) is 4.79 Å². The van der Waals surface area contributed by atoms with Gasteiger partial charge in [0.25, 0.3) is 0 Å². The van der Waals surface area contributed by atoms with Gasteiger partial charge >= 0.3 is 0 Å². The number of nitrogen functional groups attached to an aromatic ring is 1. The number of nitrogens with one attached hydrogen (secondary N) is 1. The lowest BCUT2D eigenvalue weighted by Crippen LogP contribution is -2.13. The summed E-state index contributed by atoms with van der Waals surface area (Å²) in [4.78, 5) is 12.0. The van der Waals surface area contributed by atoms with E-state index >= 15 is 0 Å². The minimum atomic E-state index is -0.00312. The van der Waals surface area contributed by atoms with Crippen LogP contribution in [-0.2, 0) is 6.54 Å². The van der Waals surface area contributed by atoms with Gasteiger partial charge in [0.05, 0.1) is 0 Å². The maximum atomic E-state index is 12.0. The first-order valence-electron chi connectivity index (χ1n) is 6.52. The molecule has 0 saturated carbocycles. The van der Waals surface area contributed by atoms with Gasteiger partial charge in [0.1, 0.15) is 0 Å². The Morgan fingerprint density at radius 2 is 1.75 bits per heavy atom. The fourth-order valence-corrected chi connectivity index (χ4v) is 1.86. The molecule has 0 spiro atoms. The molecule has 0 heterocycles. The van der Waals surface area contributed by atoms with Gasteiger partial charge in [0.15, 0.2) is 5.78 Å². The second kappa shape index (κ2) is 6.57. The van der Waals surface area contributed by atoms with Crippen molar-refractivity contribution in [1.29, 1.82) is 0 Å². The molecule has 3 nitrogen and oxygen atoms in total. The highest BCUT2D eigenvalue weighted by Crippen LogP contribution is 2.10. The standard InChI is InChI=1S/C17H18N2O/c1-13(11-17(20)14-7-3-2-4-8-14)19-12-15-9-5-6-10-16(15)18/h2-11,19H,12,18H2,1H3/b13-11-. The van der Waals surface area contributed by atoms with Crippen LogP contribution in [0.1, 0.15) is 22.8 Å². The number of carbonyl (C=O) groups excluding carboxylic acids is 1. The summed E-state index contributed by atoms with van der Waals surface area (Å²) in [5.74, 6) is -0.00312. The first-order valence-corrected chi connectivity index (χ1v) is 6.52. The van der Waals surface area contributed by atoms with Crippen molar-refractivity contribution >= 4 is 11.5 Å². The molecule has 2 aromatic rings. The smallest absolute Gasteiger partial charge is 0.187 e. The number of hydrogen-bond donors (Lipinski definition) is 2. The minimum Gasteiger partial charge on any atom is -0.398 e. The van der Waals surface area contributed by atoms with Crippen LogP contribution in [0.25, 0.3) is 0 Å². The fraction of sp³-hybridized carbons (Fsp3) is 0.118. The lowest BCUT2D eigenvalue weighted by atomic mass is 10.1. The first kappa shape index (κ1) is 13.9. The Labute approximate surface area is 119 Å². The molecule has 0 bridgehead atoms. The van der Waals surface area contributed by atoms with Crippen molar-refractivity contribution < 1.29 is 4.79 Å². The zero-order chi connectivity index (χ0) is 14.4. The van der Waals surface area contributed by atoms with Crippen LogP contribution in [0, 0.1) is 0 Å². The number of anilines is 1. The summed E-state index contributed by atoms with van der Waals surface area (Å²) < 4.78 is 0. The summed E-state index contributed by atoms with van der Waals surface area (Å²) in [6.07, 6.45) is 1.61. The van der Waals surface area contributed by atoms with Gasteiger partial charge < -0.3 is 11.1 Å². The molecule has 0 radical (unpaired) electrons. The fourth-order valence-electron chi connectivity index (χ4n) is 1.86. The molecule has 20 heavy (non-hydrogen) atoms. The van der Waals surface area contributed by atoms with Crippen LogP contribution in [0.3, 0.4) is 0 Å². The number of allylic oxidation sites excluding steroid dienone is 2. The molecule has 0 aliphatic carbocycles. The van der Waals surface area contributed by atoms with Crippen molar-refractivity contribution in [1.82, 2.24) is 5.32 Å². The molecule has 0 unspecified atom stereocenters. The van der Waals surface area contributed by atoms with Crippen LogP contribution >= 0.6 is 0 Å². The number of para-hydroxylation sites is 1. The van der Waals surface area contributed by atoms with Crippen LogP contribution in [0.15, 0.2) is 66.4 Å². The quantitative estimate of drug-likeness (QED) is 0.496. The Hall–Kier alpha value is -2.55. The molecule has 3 heteroatoms. The highest BCUT2D eigenvalue weighted by Gasteiger charge is 2.02. The average Bonchev–Trinajstić information content (AvgIpc) is 2.47. The SMILES string of the molecule is C/C(=C/C(=O)c1ccccc1)NCc1ccccc1N. The van der Waals surface area contributed by atoms with E-state index in [-0.39, 0.29) is 5.78 Å². The van der Waals surface area contributed by atoms with Gasteiger partial charge in [-0.25, -0.2) is 0 Å². The summed E-state index contributed by atoms with van der Waals surface area (Å²) >= 11 is 0. The van der Waals surface area contributed by atoms with Gasteiger partial charge in [0, 0.05) is 29.6 Å². The highest BCUT2D eigenvalue weighted by molar-refractivity contribution is 6.04. The van der Waals surface area contributed by atoms with Crippen LogP contribution in [0.2, 0.25) is 0 Å². The molecule has 0 fully saturated rings. The summed E-state index contributed by atoms with van der Waals surface area (Å²) in [6, 6.07) is 16.9. The van der Waals surface area contributed by atoms with Crippen LogP contribution in [-0.4, -0.2) is 5.78 Å². The van der Waals surface area contributed by atoms with Crippen molar-refractivity contribution in [2.45, 2.75) is 13.5 Å². The third-order valence-electron chi connectivity index (χ3n) is 3.02.